The van der Waals surface area contributed by atoms with Crippen LogP contribution in [0.3, 0.4) is 0 Å². The van der Waals surface area contributed by atoms with Crippen molar-refractivity contribution in [2.75, 3.05) is 39.0 Å². The van der Waals surface area contributed by atoms with Crippen molar-refractivity contribution in [2.24, 2.45) is 5.92 Å². The van der Waals surface area contributed by atoms with E-state index in [0.29, 0.717) is 23.2 Å². The lowest BCUT2D eigenvalue weighted by atomic mass is 9.99. The van der Waals surface area contributed by atoms with Crippen LogP contribution in [0.5, 0.6) is 0 Å². The van der Waals surface area contributed by atoms with Crippen LogP contribution in [0.2, 0.25) is 0 Å². The highest BCUT2D eigenvalue weighted by Crippen LogP contribution is 2.14. The van der Waals surface area contributed by atoms with Gasteiger partial charge in [0.2, 0.25) is 0 Å². The number of hydrogen-bond acceptors (Lipinski definition) is 6. The van der Waals surface area contributed by atoms with Gasteiger partial charge >= 0.3 is 0 Å². The molecule has 0 radical (unpaired) electrons. The molecule has 2 heterocycles. The maximum absolute atomic E-state index is 12.0. The molecule has 2 rings (SSSR count). The molecule has 6 nitrogen and oxygen atoms in total. The average Bonchev–Trinajstić information content (AvgIpc) is 2.55. The van der Waals surface area contributed by atoms with Gasteiger partial charge in [-0.05, 0) is 31.6 Å². The van der Waals surface area contributed by atoms with Crippen LogP contribution < -0.4 is 5.32 Å². The molecule has 0 unspecified atom stereocenters. The Morgan fingerprint density at radius 2 is 2.29 bits per heavy atom. The van der Waals surface area contributed by atoms with Crippen LogP contribution >= 0.6 is 11.8 Å². The van der Waals surface area contributed by atoms with Gasteiger partial charge in [-0.2, -0.15) is 0 Å². The van der Waals surface area contributed by atoms with Gasteiger partial charge in [-0.15, -0.1) is 0 Å². The molecule has 1 aliphatic rings. The standard InChI is InChI=1S/C14H22N4O2S/c1-21-14-16-7-12(8-17-14)13(20)15-4-6-18-5-2-3-11(9-18)10-19/h7-8,11,19H,2-6,9-10H2,1H3,(H,15,20)/t11-/m1/s1. The molecule has 0 bridgehead atoms. The fourth-order valence-electron chi connectivity index (χ4n) is 2.47. The number of carbonyl (C=O) groups excluding carboxylic acids is 1. The van der Waals surface area contributed by atoms with E-state index in [2.05, 4.69) is 20.2 Å². The van der Waals surface area contributed by atoms with Crippen molar-refractivity contribution in [1.82, 2.24) is 20.2 Å². The maximum atomic E-state index is 12.0. The van der Waals surface area contributed by atoms with Crippen LogP contribution in [0.25, 0.3) is 0 Å². The molecule has 0 aromatic carbocycles. The van der Waals surface area contributed by atoms with Crippen molar-refractivity contribution in [3.8, 4) is 0 Å². The first kappa shape index (κ1) is 16.2. The summed E-state index contributed by atoms with van der Waals surface area (Å²) in [6.07, 6.45) is 7.21. The summed E-state index contributed by atoms with van der Waals surface area (Å²) in [7, 11) is 0. The first-order valence-electron chi connectivity index (χ1n) is 7.20. The second kappa shape index (κ2) is 8.31. The van der Waals surface area contributed by atoms with E-state index in [1.54, 1.807) is 12.4 Å². The Bertz CT molecular complexity index is 455. The summed E-state index contributed by atoms with van der Waals surface area (Å²) >= 11 is 1.45. The Kier molecular flexibility index (Phi) is 6.41. The molecule has 1 fully saturated rings. The molecule has 7 heteroatoms. The normalized spacial score (nSPS) is 19.4. The Labute approximate surface area is 129 Å². The van der Waals surface area contributed by atoms with E-state index in [0.717, 1.165) is 32.5 Å². The summed E-state index contributed by atoms with van der Waals surface area (Å²) < 4.78 is 0. The summed E-state index contributed by atoms with van der Waals surface area (Å²) in [4.78, 5) is 22.4. The monoisotopic (exact) mass is 310 g/mol. The SMILES string of the molecule is CSc1ncc(C(=O)NCCN2CCC[C@@H](CO)C2)cn1. The topological polar surface area (TPSA) is 78.4 Å². The largest absolute Gasteiger partial charge is 0.396 e. The minimum atomic E-state index is -0.140. The number of thioether (sulfide) groups is 1. The van der Waals surface area contributed by atoms with Crippen LogP contribution in [-0.2, 0) is 0 Å². The van der Waals surface area contributed by atoms with Crippen LogP contribution in [0.1, 0.15) is 23.2 Å². The van der Waals surface area contributed by atoms with Gasteiger partial charge in [0.1, 0.15) is 0 Å². The third kappa shape index (κ3) is 4.94. The van der Waals surface area contributed by atoms with Gasteiger partial charge in [-0.25, -0.2) is 9.97 Å². The maximum Gasteiger partial charge on any atom is 0.254 e. The highest BCUT2D eigenvalue weighted by Gasteiger charge is 2.18. The lowest BCUT2D eigenvalue weighted by Gasteiger charge is -2.31. The van der Waals surface area contributed by atoms with Gasteiger partial charge in [0.05, 0.1) is 5.56 Å². The minimum Gasteiger partial charge on any atom is -0.396 e. The smallest absolute Gasteiger partial charge is 0.254 e. The van der Waals surface area contributed by atoms with Crippen LogP contribution in [0.4, 0.5) is 0 Å². The predicted molar refractivity (Wildman–Crippen MR) is 82.4 cm³/mol. The molecule has 1 aliphatic heterocycles. The zero-order chi connectivity index (χ0) is 15.1. The minimum absolute atomic E-state index is 0.140. The van der Waals surface area contributed by atoms with Crippen LogP contribution in [0, 0.1) is 5.92 Å². The zero-order valence-electron chi connectivity index (χ0n) is 12.3. The Morgan fingerprint density at radius 3 is 2.95 bits per heavy atom. The molecular formula is C14H22N4O2S. The van der Waals surface area contributed by atoms with E-state index in [9.17, 15) is 9.90 Å². The number of hydrogen-bond donors (Lipinski definition) is 2. The zero-order valence-corrected chi connectivity index (χ0v) is 13.1. The number of carbonyl (C=O) groups is 1. The number of likely N-dealkylation sites (tertiary alicyclic amines) is 1. The van der Waals surface area contributed by atoms with Gasteiger partial charge in [0, 0.05) is 38.6 Å². The molecule has 116 valence electrons. The summed E-state index contributed by atoms with van der Waals surface area (Å²) in [6, 6.07) is 0. The second-order valence-corrected chi connectivity index (χ2v) is 5.98. The first-order chi connectivity index (χ1) is 10.2. The molecule has 2 N–H and O–H groups in total. The number of aromatic nitrogens is 2. The molecule has 1 aromatic rings. The van der Waals surface area contributed by atoms with Crippen LogP contribution in [-0.4, -0.2) is 64.9 Å². The average molecular weight is 310 g/mol. The van der Waals surface area contributed by atoms with Gasteiger partial charge in [-0.1, -0.05) is 11.8 Å². The van der Waals surface area contributed by atoms with E-state index in [4.69, 9.17) is 0 Å². The number of aliphatic hydroxyl groups excluding tert-OH is 1. The molecule has 1 amide bonds. The van der Waals surface area contributed by atoms with Crippen molar-refractivity contribution in [3.05, 3.63) is 18.0 Å². The Balaban J connectivity index is 1.73. The third-order valence-electron chi connectivity index (χ3n) is 3.65. The summed E-state index contributed by atoms with van der Waals surface area (Å²) in [5.74, 6) is 0.236. The van der Waals surface area contributed by atoms with E-state index < -0.39 is 0 Å². The van der Waals surface area contributed by atoms with E-state index >= 15 is 0 Å². The summed E-state index contributed by atoms with van der Waals surface area (Å²) in [6.45, 7) is 3.62. The molecule has 1 saturated heterocycles. The molecule has 0 saturated carbocycles. The first-order valence-corrected chi connectivity index (χ1v) is 8.43. The van der Waals surface area contributed by atoms with Crippen molar-refractivity contribution in [1.29, 1.82) is 0 Å². The molecule has 0 aliphatic carbocycles. The number of nitrogens with zero attached hydrogens (tertiary/aromatic N) is 3. The fraction of sp³-hybridized carbons (Fsp3) is 0.643. The second-order valence-electron chi connectivity index (χ2n) is 5.21. The Morgan fingerprint density at radius 1 is 1.52 bits per heavy atom. The number of amides is 1. The molecular weight excluding hydrogens is 288 g/mol. The summed E-state index contributed by atoms with van der Waals surface area (Å²) in [5, 5.41) is 12.8. The third-order valence-corrected chi connectivity index (χ3v) is 4.22. The highest BCUT2D eigenvalue weighted by atomic mass is 32.2. The summed E-state index contributed by atoms with van der Waals surface area (Å²) in [5.41, 5.74) is 0.486. The van der Waals surface area contributed by atoms with E-state index in [1.165, 1.54) is 11.8 Å². The molecule has 1 atom stereocenters. The lowest BCUT2D eigenvalue weighted by molar-refractivity contribution is 0.0930. The van der Waals surface area contributed by atoms with Gasteiger partial charge in [0.15, 0.2) is 5.16 Å². The molecule has 1 aromatic heterocycles. The van der Waals surface area contributed by atoms with Gasteiger partial charge < -0.3 is 15.3 Å². The van der Waals surface area contributed by atoms with E-state index in [1.807, 2.05) is 6.26 Å². The molecule has 21 heavy (non-hydrogen) atoms. The lowest BCUT2D eigenvalue weighted by Crippen LogP contribution is -2.41. The van der Waals surface area contributed by atoms with Crippen LogP contribution in [0.15, 0.2) is 17.6 Å². The molecule has 0 spiro atoms. The van der Waals surface area contributed by atoms with Gasteiger partial charge in [-0.3, -0.25) is 4.79 Å². The number of piperidine rings is 1. The van der Waals surface area contributed by atoms with Crippen molar-refractivity contribution in [3.63, 3.8) is 0 Å². The van der Waals surface area contributed by atoms with Crippen molar-refractivity contribution >= 4 is 17.7 Å². The number of rotatable bonds is 6. The van der Waals surface area contributed by atoms with E-state index in [-0.39, 0.29) is 12.5 Å². The van der Waals surface area contributed by atoms with Crippen molar-refractivity contribution < 1.29 is 9.90 Å². The predicted octanol–water partition coefficient (Wildman–Crippen LogP) is 0.633. The van der Waals surface area contributed by atoms with Gasteiger partial charge in [0.25, 0.3) is 5.91 Å². The Hall–Kier alpha value is -1.18. The highest BCUT2D eigenvalue weighted by molar-refractivity contribution is 7.98. The number of aliphatic hydroxyl groups is 1. The van der Waals surface area contributed by atoms with Crippen molar-refractivity contribution in [2.45, 2.75) is 18.0 Å². The number of nitrogens with one attached hydrogen (secondary N) is 1. The quantitative estimate of drug-likeness (QED) is 0.593. The fourth-order valence-corrected chi connectivity index (χ4v) is 2.79.